The van der Waals surface area contributed by atoms with Crippen LogP contribution in [-0.2, 0) is 6.42 Å². The lowest BCUT2D eigenvalue weighted by molar-refractivity contribution is 0.224. The number of aliphatic hydroxyl groups is 1. The van der Waals surface area contributed by atoms with Crippen molar-refractivity contribution in [3.63, 3.8) is 0 Å². The van der Waals surface area contributed by atoms with Crippen LogP contribution in [0.25, 0.3) is 0 Å². The minimum absolute atomic E-state index is 0.247. The highest BCUT2D eigenvalue weighted by Gasteiger charge is 2.21. The van der Waals surface area contributed by atoms with Gasteiger partial charge in [-0.15, -0.1) is 11.3 Å². The molecular formula is C15H16O2S. The van der Waals surface area contributed by atoms with Crippen LogP contribution >= 0.6 is 11.3 Å². The molecule has 2 nitrogen and oxygen atoms in total. The van der Waals surface area contributed by atoms with Crippen LogP contribution in [0.15, 0.2) is 30.3 Å². The Morgan fingerprint density at radius 3 is 2.89 bits per heavy atom. The zero-order valence-corrected chi connectivity index (χ0v) is 11.3. The van der Waals surface area contributed by atoms with Gasteiger partial charge in [-0.3, -0.25) is 0 Å². The summed E-state index contributed by atoms with van der Waals surface area (Å²) in [4.78, 5) is 2.22. The standard InChI is InChI=1S/C15H16O2S/c1-9-7-12-8-11(4-5-13(12)17-9)15(16)14-6-3-10(2)18-14/h3-6,8-9,15-16H,7H2,1-2H3. The Balaban J connectivity index is 1.91. The third kappa shape index (κ3) is 2.04. The zero-order chi connectivity index (χ0) is 12.7. The first-order valence-electron chi connectivity index (χ1n) is 6.17. The average molecular weight is 260 g/mol. The highest BCUT2D eigenvalue weighted by molar-refractivity contribution is 7.12. The van der Waals surface area contributed by atoms with Crippen LogP contribution in [-0.4, -0.2) is 11.2 Å². The molecule has 0 aliphatic carbocycles. The van der Waals surface area contributed by atoms with Gasteiger partial charge in [0.05, 0.1) is 0 Å². The number of ether oxygens (including phenoxy) is 1. The molecule has 2 heterocycles. The van der Waals surface area contributed by atoms with Crippen LogP contribution in [0.2, 0.25) is 0 Å². The second-order valence-corrected chi connectivity index (χ2v) is 6.17. The highest BCUT2D eigenvalue weighted by atomic mass is 32.1. The smallest absolute Gasteiger partial charge is 0.123 e. The largest absolute Gasteiger partial charge is 0.490 e. The van der Waals surface area contributed by atoms with Gasteiger partial charge >= 0.3 is 0 Å². The van der Waals surface area contributed by atoms with E-state index < -0.39 is 6.10 Å². The maximum absolute atomic E-state index is 10.4. The summed E-state index contributed by atoms with van der Waals surface area (Å²) in [6, 6.07) is 10.0. The van der Waals surface area contributed by atoms with E-state index in [9.17, 15) is 5.11 Å². The molecule has 3 rings (SSSR count). The minimum atomic E-state index is -0.523. The van der Waals surface area contributed by atoms with Crippen LogP contribution in [0.4, 0.5) is 0 Å². The molecule has 1 aromatic carbocycles. The molecule has 1 aliphatic heterocycles. The molecule has 0 bridgehead atoms. The van der Waals surface area contributed by atoms with Crippen molar-refractivity contribution < 1.29 is 9.84 Å². The Kier molecular flexibility index (Phi) is 2.88. The van der Waals surface area contributed by atoms with E-state index >= 15 is 0 Å². The summed E-state index contributed by atoms with van der Waals surface area (Å²) in [7, 11) is 0. The molecule has 1 N–H and O–H groups in total. The molecule has 1 aromatic heterocycles. The van der Waals surface area contributed by atoms with E-state index in [0.717, 1.165) is 22.6 Å². The van der Waals surface area contributed by atoms with E-state index in [4.69, 9.17) is 4.74 Å². The van der Waals surface area contributed by atoms with E-state index in [1.54, 1.807) is 11.3 Å². The van der Waals surface area contributed by atoms with Gasteiger partial charge in [-0.25, -0.2) is 0 Å². The Bertz CT molecular complexity index is 574. The SMILES string of the molecule is Cc1ccc(C(O)c2ccc3c(c2)CC(C)O3)s1. The van der Waals surface area contributed by atoms with Gasteiger partial charge in [0.15, 0.2) is 0 Å². The normalized spacial score (nSPS) is 19.4. The summed E-state index contributed by atoms with van der Waals surface area (Å²) in [6.07, 6.45) is 0.653. The summed E-state index contributed by atoms with van der Waals surface area (Å²) in [5.74, 6) is 0.959. The molecule has 2 aromatic rings. The van der Waals surface area contributed by atoms with E-state index in [1.165, 1.54) is 10.4 Å². The molecule has 0 saturated carbocycles. The molecule has 0 radical (unpaired) electrons. The van der Waals surface area contributed by atoms with Gasteiger partial charge in [-0.05, 0) is 49.2 Å². The maximum atomic E-state index is 10.4. The molecule has 18 heavy (non-hydrogen) atoms. The summed E-state index contributed by atoms with van der Waals surface area (Å²) < 4.78 is 5.67. The van der Waals surface area contributed by atoms with Crippen molar-refractivity contribution in [2.24, 2.45) is 0 Å². The predicted octanol–water partition coefficient (Wildman–Crippen LogP) is 3.46. The fourth-order valence-corrected chi connectivity index (χ4v) is 3.27. The van der Waals surface area contributed by atoms with Crippen molar-refractivity contribution >= 4 is 11.3 Å². The maximum Gasteiger partial charge on any atom is 0.123 e. The molecule has 0 fully saturated rings. The molecule has 0 amide bonds. The van der Waals surface area contributed by atoms with E-state index in [2.05, 4.69) is 19.9 Å². The van der Waals surface area contributed by atoms with Crippen LogP contribution in [0.1, 0.15) is 33.9 Å². The van der Waals surface area contributed by atoms with Crippen molar-refractivity contribution in [3.8, 4) is 5.75 Å². The van der Waals surface area contributed by atoms with E-state index in [-0.39, 0.29) is 6.10 Å². The van der Waals surface area contributed by atoms with Gasteiger partial charge < -0.3 is 9.84 Å². The van der Waals surface area contributed by atoms with E-state index in [0.29, 0.717) is 0 Å². The number of fused-ring (bicyclic) bond motifs is 1. The number of thiophene rings is 1. The van der Waals surface area contributed by atoms with Gasteiger partial charge in [0.2, 0.25) is 0 Å². The second-order valence-electron chi connectivity index (χ2n) is 4.85. The molecule has 1 aliphatic rings. The summed E-state index contributed by atoms with van der Waals surface area (Å²) in [6.45, 7) is 4.12. The number of hydrogen-bond donors (Lipinski definition) is 1. The lowest BCUT2D eigenvalue weighted by Crippen LogP contribution is -2.05. The molecule has 2 atom stereocenters. The first kappa shape index (κ1) is 11.8. The van der Waals surface area contributed by atoms with Crippen molar-refractivity contribution in [3.05, 3.63) is 51.2 Å². The number of rotatable bonds is 2. The minimum Gasteiger partial charge on any atom is -0.490 e. The van der Waals surface area contributed by atoms with Crippen LogP contribution in [0.5, 0.6) is 5.75 Å². The van der Waals surface area contributed by atoms with Gasteiger partial charge in [0.1, 0.15) is 18.0 Å². The lowest BCUT2D eigenvalue weighted by Gasteiger charge is -2.10. The molecule has 0 spiro atoms. The van der Waals surface area contributed by atoms with Gasteiger partial charge in [0.25, 0.3) is 0 Å². The molecular weight excluding hydrogens is 244 g/mol. The third-order valence-electron chi connectivity index (χ3n) is 3.27. The monoisotopic (exact) mass is 260 g/mol. The molecule has 2 unspecified atom stereocenters. The fraction of sp³-hybridized carbons (Fsp3) is 0.333. The Morgan fingerprint density at radius 2 is 2.17 bits per heavy atom. The van der Waals surface area contributed by atoms with Crippen molar-refractivity contribution in [2.45, 2.75) is 32.5 Å². The zero-order valence-electron chi connectivity index (χ0n) is 10.5. The first-order valence-corrected chi connectivity index (χ1v) is 6.99. The van der Waals surface area contributed by atoms with Gasteiger partial charge in [-0.1, -0.05) is 6.07 Å². The number of hydrogen-bond acceptors (Lipinski definition) is 3. The van der Waals surface area contributed by atoms with Crippen LogP contribution in [0, 0.1) is 6.92 Å². The topological polar surface area (TPSA) is 29.5 Å². The van der Waals surface area contributed by atoms with Crippen molar-refractivity contribution in [1.29, 1.82) is 0 Å². The van der Waals surface area contributed by atoms with Gasteiger partial charge in [0, 0.05) is 16.2 Å². The summed E-state index contributed by atoms with van der Waals surface area (Å²) in [5, 5.41) is 10.4. The first-order chi connectivity index (χ1) is 8.63. The Hall–Kier alpha value is -1.32. The fourth-order valence-electron chi connectivity index (χ4n) is 2.38. The third-order valence-corrected chi connectivity index (χ3v) is 4.32. The van der Waals surface area contributed by atoms with Crippen molar-refractivity contribution in [1.82, 2.24) is 0 Å². The van der Waals surface area contributed by atoms with E-state index in [1.807, 2.05) is 24.3 Å². The molecule has 3 heteroatoms. The predicted molar refractivity (Wildman–Crippen MR) is 73.4 cm³/mol. The Morgan fingerprint density at radius 1 is 1.33 bits per heavy atom. The highest BCUT2D eigenvalue weighted by Crippen LogP contribution is 2.34. The second kappa shape index (κ2) is 4.41. The van der Waals surface area contributed by atoms with Crippen molar-refractivity contribution in [2.75, 3.05) is 0 Å². The average Bonchev–Trinajstić information content (AvgIpc) is 2.92. The van der Waals surface area contributed by atoms with Crippen LogP contribution in [0.3, 0.4) is 0 Å². The number of aryl methyl sites for hydroxylation is 1. The lowest BCUT2D eigenvalue weighted by atomic mass is 10.0. The molecule has 0 saturated heterocycles. The quantitative estimate of drug-likeness (QED) is 0.896. The number of benzene rings is 1. The molecule has 94 valence electrons. The van der Waals surface area contributed by atoms with Crippen LogP contribution < -0.4 is 4.74 Å². The summed E-state index contributed by atoms with van der Waals surface area (Å²) in [5.41, 5.74) is 2.15. The summed E-state index contributed by atoms with van der Waals surface area (Å²) >= 11 is 1.64. The van der Waals surface area contributed by atoms with Gasteiger partial charge in [-0.2, -0.15) is 0 Å². The number of aliphatic hydroxyl groups excluding tert-OH is 1. The Labute approximate surface area is 111 Å².